The summed E-state index contributed by atoms with van der Waals surface area (Å²) in [4.78, 5) is 49.9. The molecule has 0 aliphatic carbocycles. The van der Waals surface area contributed by atoms with Crippen LogP contribution in [0, 0.1) is 5.92 Å². The Morgan fingerprint density at radius 3 is 2.55 bits per heavy atom. The zero-order valence-corrected chi connectivity index (χ0v) is 22.0. The molecule has 1 saturated heterocycles. The zero-order chi connectivity index (χ0) is 26.6. The number of hydrogen-bond acceptors (Lipinski definition) is 6. The molecule has 7 nitrogen and oxygen atoms in total. The monoisotopic (exact) mass is 526 g/mol. The number of rotatable bonds is 9. The van der Waals surface area contributed by atoms with Crippen LogP contribution >= 0.6 is 11.3 Å². The molecule has 2 aliphatic rings. The van der Waals surface area contributed by atoms with Gasteiger partial charge in [0.25, 0.3) is 11.8 Å². The molecule has 2 aromatic carbocycles. The first-order valence-electron chi connectivity index (χ1n) is 12.8. The first-order valence-corrected chi connectivity index (χ1v) is 13.6. The molecule has 2 aliphatic heterocycles. The minimum absolute atomic E-state index is 0.0593. The normalized spacial score (nSPS) is 16.9. The minimum Gasteiger partial charge on any atom is -0.370 e. The molecule has 0 spiro atoms. The predicted molar refractivity (Wildman–Crippen MR) is 150 cm³/mol. The first kappa shape index (κ1) is 25.6. The van der Waals surface area contributed by atoms with Crippen LogP contribution in [0.2, 0.25) is 0 Å². The van der Waals surface area contributed by atoms with Gasteiger partial charge in [0.15, 0.2) is 0 Å². The smallest absolute Gasteiger partial charge is 0.264 e. The SMILES string of the molecule is C=CCN(CC=C)C(=O)C1CCCN(c2cccc3c2C(=O)N(Cc2nc(-c4ccccc4)cs2)C3=O)C1. The number of carbonyl (C=O) groups excluding carboxylic acids is 3. The summed E-state index contributed by atoms with van der Waals surface area (Å²) in [5, 5.41) is 2.65. The highest BCUT2D eigenvalue weighted by atomic mass is 32.1. The second-order valence-electron chi connectivity index (χ2n) is 9.49. The molecule has 0 saturated carbocycles. The molecule has 1 aromatic heterocycles. The van der Waals surface area contributed by atoms with E-state index < -0.39 is 0 Å². The van der Waals surface area contributed by atoms with Gasteiger partial charge in [0.05, 0.1) is 35.0 Å². The molecule has 3 amide bonds. The van der Waals surface area contributed by atoms with E-state index in [1.165, 1.54) is 16.2 Å². The van der Waals surface area contributed by atoms with Crippen LogP contribution in [0.4, 0.5) is 5.69 Å². The maximum absolute atomic E-state index is 13.6. The summed E-state index contributed by atoms with van der Waals surface area (Å²) in [6, 6.07) is 15.2. The predicted octanol–water partition coefficient (Wildman–Crippen LogP) is 5.02. The number of anilines is 1. The molecule has 5 rings (SSSR count). The third-order valence-corrected chi connectivity index (χ3v) is 7.85. The van der Waals surface area contributed by atoms with Gasteiger partial charge in [-0.2, -0.15) is 0 Å². The topological polar surface area (TPSA) is 73.8 Å². The van der Waals surface area contributed by atoms with Crippen molar-refractivity contribution in [3.8, 4) is 11.3 Å². The van der Waals surface area contributed by atoms with Crippen molar-refractivity contribution < 1.29 is 14.4 Å². The first-order chi connectivity index (χ1) is 18.5. The third kappa shape index (κ3) is 4.91. The molecule has 0 N–H and O–H groups in total. The molecule has 194 valence electrons. The van der Waals surface area contributed by atoms with Crippen molar-refractivity contribution in [3.05, 3.63) is 95.4 Å². The van der Waals surface area contributed by atoms with Gasteiger partial charge >= 0.3 is 0 Å². The highest BCUT2D eigenvalue weighted by molar-refractivity contribution is 7.10. The van der Waals surface area contributed by atoms with Gasteiger partial charge in [-0.3, -0.25) is 19.3 Å². The van der Waals surface area contributed by atoms with Crippen molar-refractivity contribution in [2.45, 2.75) is 19.4 Å². The van der Waals surface area contributed by atoms with Crippen molar-refractivity contribution in [1.29, 1.82) is 0 Å². The molecular formula is C30H30N4O3S. The number of benzene rings is 2. The van der Waals surface area contributed by atoms with Gasteiger partial charge in [-0.15, -0.1) is 24.5 Å². The Bertz CT molecular complexity index is 1370. The van der Waals surface area contributed by atoms with E-state index >= 15 is 0 Å². The van der Waals surface area contributed by atoms with Crippen LogP contribution in [0.3, 0.4) is 0 Å². The lowest BCUT2D eigenvalue weighted by Crippen LogP contribution is -2.45. The lowest BCUT2D eigenvalue weighted by Gasteiger charge is -2.36. The number of amides is 3. The van der Waals surface area contributed by atoms with Gasteiger partial charge in [-0.1, -0.05) is 48.6 Å². The minimum atomic E-state index is -0.314. The summed E-state index contributed by atoms with van der Waals surface area (Å²) >= 11 is 1.44. The van der Waals surface area contributed by atoms with Crippen molar-refractivity contribution in [1.82, 2.24) is 14.8 Å². The van der Waals surface area contributed by atoms with E-state index in [1.54, 1.807) is 23.1 Å². The van der Waals surface area contributed by atoms with Crippen LogP contribution in [0.1, 0.15) is 38.6 Å². The van der Waals surface area contributed by atoms with Crippen molar-refractivity contribution >= 4 is 34.7 Å². The molecule has 8 heteroatoms. The van der Waals surface area contributed by atoms with Gasteiger partial charge in [0, 0.05) is 37.1 Å². The molecule has 1 unspecified atom stereocenters. The van der Waals surface area contributed by atoms with Gasteiger partial charge in [0.2, 0.25) is 5.91 Å². The van der Waals surface area contributed by atoms with Crippen LogP contribution in [-0.2, 0) is 11.3 Å². The van der Waals surface area contributed by atoms with Gasteiger partial charge < -0.3 is 9.80 Å². The van der Waals surface area contributed by atoms with Crippen LogP contribution in [-0.4, -0.2) is 58.7 Å². The Balaban J connectivity index is 1.36. The number of thiazole rings is 1. The summed E-state index contributed by atoms with van der Waals surface area (Å²) in [5.74, 6) is -0.764. The fourth-order valence-corrected chi connectivity index (χ4v) is 6.00. The largest absolute Gasteiger partial charge is 0.370 e. The maximum Gasteiger partial charge on any atom is 0.264 e. The van der Waals surface area contributed by atoms with E-state index in [9.17, 15) is 14.4 Å². The van der Waals surface area contributed by atoms with Crippen LogP contribution < -0.4 is 4.90 Å². The average Bonchev–Trinajstić information content (AvgIpc) is 3.52. The fraction of sp³-hybridized carbons (Fsp3) is 0.267. The molecule has 3 aromatic rings. The maximum atomic E-state index is 13.6. The number of fused-ring (bicyclic) bond motifs is 1. The fourth-order valence-electron chi connectivity index (χ4n) is 5.20. The Morgan fingerprint density at radius 2 is 1.82 bits per heavy atom. The summed E-state index contributed by atoms with van der Waals surface area (Å²) in [5.41, 5.74) is 3.35. The van der Waals surface area contributed by atoms with Gasteiger partial charge in [0.1, 0.15) is 5.01 Å². The summed E-state index contributed by atoms with van der Waals surface area (Å²) in [7, 11) is 0. The number of carbonyl (C=O) groups is 3. The highest BCUT2D eigenvalue weighted by Crippen LogP contribution is 2.35. The van der Waals surface area contributed by atoms with Crippen LogP contribution in [0.15, 0.2) is 79.2 Å². The number of hydrogen-bond donors (Lipinski definition) is 0. The molecule has 0 radical (unpaired) electrons. The van der Waals surface area contributed by atoms with Crippen LogP contribution in [0.5, 0.6) is 0 Å². The standard InChI is InChI=1S/C30H30N4O3S/c1-3-15-32(16-4-2)28(35)22-12-9-17-33(18-22)25-14-8-13-23-27(25)30(37)34(29(23)36)19-26-31-24(20-38-26)21-10-6-5-7-11-21/h3-8,10-11,13-14,20,22H,1-2,9,12,15-19H2. The van der Waals surface area contributed by atoms with Crippen molar-refractivity contribution in [2.75, 3.05) is 31.1 Å². The van der Waals surface area contributed by atoms with E-state index in [-0.39, 0.29) is 30.2 Å². The number of piperidine rings is 1. The number of aromatic nitrogens is 1. The molecule has 1 atom stereocenters. The van der Waals surface area contributed by atoms with Crippen molar-refractivity contribution in [2.24, 2.45) is 5.92 Å². The lowest BCUT2D eigenvalue weighted by molar-refractivity contribution is -0.134. The Kier molecular flexibility index (Phi) is 7.51. The molecule has 38 heavy (non-hydrogen) atoms. The van der Waals surface area contributed by atoms with Crippen LogP contribution in [0.25, 0.3) is 11.3 Å². The summed E-state index contributed by atoms with van der Waals surface area (Å²) in [6.45, 7) is 9.80. The molecular weight excluding hydrogens is 496 g/mol. The van der Waals surface area contributed by atoms with Gasteiger partial charge in [-0.05, 0) is 25.0 Å². The van der Waals surface area contributed by atoms with E-state index in [0.717, 1.165) is 30.6 Å². The zero-order valence-electron chi connectivity index (χ0n) is 21.2. The molecule has 1 fully saturated rings. The Hall–Kier alpha value is -4.04. The van der Waals surface area contributed by atoms with E-state index in [4.69, 9.17) is 0 Å². The van der Waals surface area contributed by atoms with Crippen molar-refractivity contribution in [3.63, 3.8) is 0 Å². The number of imide groups is 1. The second-order valence-corrected chi connectivity index (χ2v) is 10.4. The second kappa shape index (κ2) is 11.1. The lowest BCUT2D eigenvalue weighted by atomic mass is 9.94. The molecule has 3 heterocycles. The summed E-state index contributed by atoms with van der Waals surface area (Å²) in [6.07, 6.45) is 5.04. The van der Waals surface area contributed by atoms with Gasteiger partial charge in [-0.25, -0.2) is 4.98 Å². The van der Waals surface area contributed by atoms with E-state index in [1.807, 2.05) is 47.8 Å². The number of nitrogens with zero attached hydrogens (tertiary/aromatic N) is 4. The third-order valence-electron chi connectivity index (χ3n) is 7.01. The Morgan fingerprint density at radius 1 is 1.05 bits per heavy atom. The Labute approximate surface area is 226 Å². The van der Waals surface area contributed by atoms with E-state index in [0.29, 0.717) is 41.5 Å². The van der Waals surface area contributed by atoms with E-state index in [2.05, 4.69) is 23.0 Å². The average molecular weight is 527 g/mol. The quantitative estimate of drug-likeness (QED) is 0.289. The highest BCUT2D eigenvalue weighted by Gasteiger charge is 2.40. The summed E-state index contributed by atoms with van der Waals surface area (Å²) < 4.78 is 0. The molecule has 0 bridgehead atoms.